The van der Waals surface area contributed by atoms with E-state index in [2.05, 4.69) is 25.7 Å². The number of carbonyl (C=O) groups is 1. The van der Waals surface area contributed by atoms with Crippen molar-refractivity contribution in [2.45, 2.75) is 65.4 Å². The van der Waals surface area contributed by atoms with Crippen molar-refractivity contribution in [3.63, 3.8) is 0 Å². The van der Waals surface area contributed by atoms with Gasteiger partial charge in [-0.15, -0.1) is 0 Å². The summed E-state index contributed by atoms with van der Waals surface area (Å²) in [6.07, 6.45) is 7.12. The highest BCUT2D eigenvalue weighted by atomic mass is 16.5. The maximum atomic E-state index is 11.9. The first-order chi connectivity index (χ1) is 8.95. The molecule has 0 amide bonds. The average Bonchev–Trinajstić information content (AvgIpc) is 2.81. The Morgan fingerprint density at radius 3 is 2.21 bits per heavy atom. The van der Waals surface area contributed by atoms with Crippen LogP contribution in [0.3, 0.4) is 0 Å². The Morgan fingerprint density at radius 1 is 1.11 bits per heavy atom. The second kappa shape index (κ2) is 6.25. The maximum Gasteiger partial charge on any atom is 0.320 e. The second-order valence-electron chi connectivity index (χ2n) is 7.31. The molecular formula is C16H29NO2. The molecule has 0 unspecified atom stereocenters. The zero-order valence-electron chi connectivity index (χ0n) is 12.8. The molecule has 0 atom stereocenters. The number of nitrogens with zero attached hydrogens (tertiary/aromatic N) is 1. The highest BCUT2D eigenvalue weighted by molar-refractivity contribution is 5.71. The van der Waals surface area contributed by atoms with Crippen LogP contribution in [0.4, 0.5) is 0 Å². The zero-order valence-corrected chi connectivity index (χ0v) is 12.8. The molecule has 0 aromatic heterocycles. The van der Waals surface area contributed by atoms with Gasteiger partial charge >= 0.3 is 5.97 Å². The summed E-state index contributed by atoms with van der Waals surface area (Å²) in [6.45, 7) is 9.57. The molecule has 2 fully saturated rings. The van der Waals surface area contributed by atoms with E-state index in [4.69, 9.17) is 4.74 Å². The van der Waals surface area contributed by atoms with E-state index in [9.17, 15) is 4.79 Å². The van der Waals surface area contributed by atoms with E-state index in [1.807, 2.05) is 0 Å². The highest BCUT2D eigenvalue weighted by Crippen LogP contribution is 2.38. The number of rotatable bonds is 3. The number of carbonyl (C=O) groups excluding carboxylic acids is 1. The van der Waals surface area contributed by atoms with Crippen molar-refractivity contribution in [2.75, 3.05) is 19.6 Å². The normalized spacial score (nSPS) is 29.4. The summed E-state index contributed by atoms with van der Waals surface area (Å²) in [5.74, 6) is 0.766. The van der Waals surface area contributed by atoms with E-state index in [1.54, 1.807) is 0 Å². The molecule has 1 heterocycles. The van der Waals surface area contributed by atoms with E-state index in [0.717, 1.165) is 31.8 Å². The van der Waals surface area contributed by atoms with Crippen LogP contribution in [0, 0.1) is 11.3 Å². The third-order valence-electron chi connectivity index (χ3n) is 4.75. The zero-order chi connectivity index (χ0) is 13.9. The largest absolute Gasteiger partial charge is 0.461 e. The molecule has 0 bridgehead atoms. The average molecular weight is 267 g/mol. The number of esters is 1. The SMILES string of the molecule is CC(C)(C)C1CCC(OC(=O)CN2CCCC2)CC1. The van der Waals surface area contributed by atoms with Crippen LogP contribution in [0.25, 0.3) is 0 Å². The number of likely N-dealkylation sites (tertiary alicyclic amines) is 1. The van der Waals surface area contributed by atoms with E-state index < -0.39 is 0 Å². The van der Waals surface area contributed by atoms with E-state index in [0.29, 0.717) is 12.0 Å². The van der Waals surface area contributed by atoms with Crippen molar-refractivity contribution in [1.29, 1.82) is 0 Å². The van der Waals surface area contributed by atoms with Crippen LogP contribution in [-0.2, 0) is 9.53 Å². The van der Waals surface area contributed by atoms with Crippen LogP contribution in [0.5, 0.6) is 0 Å². The minimum absolute atomic E-state index is 0.0129. The van der Waals surface area contributed by atoms with Gasteiger partial charge in [0.05, 0.1) is 6.54 Å². The van der Waals surface area contributed by atoms with Crippen LogP contribution >= 0.6 is 0 Å². The van der Waals surface area contributed by atoms with Crippen LogP contribution in [0.1, 0.15) is 59.3 Å². The molecule has 0 aromatic carbocycles. The molecule has 110 valence electrons. The molecule has 1 saturated heterocycles. The molecule has 2 aliphatic rings. The number of ether oxygens (including phenoxy) is 1. The lowest BCUT2D eigenvalue weighted by molar-refractivity contribution is -0.152. The predicted octanol–water partition coefficient (Wildman–Crippen LogP) is 3.23. The summed E-state index contributed by atoms with van der Waals surface area (Å²) in [5, 5.41) is 0. The first kappa shape index (κ1) is 14.8. The Hall–Kier alpha value is -0.570. The molecule has 0 N–H and O–H groups in total. The third-order valence-corrected chi connectivity index (χ3v) is 4.75. The van der Waals surface area contributed by atoms with Crippen LogP contribution in [0.2, 0.25) is 0 Å². The molecular weight excluding hydrogens is 238 g/mol. The molecule has 3 nitrogen and oxygen atoms in total. The van der Waals surface area contributed by atoms with Gasteiger partial charge in [-0.05, 0) is 62.9 Å². The summed E-state index contributed by atoms with van der Waals surface area (Å²) in [7, 11) is 0. The minimum atomic E-state index is -0.0129. The Morgan fingerprint density at radius 2 is 1.68 bits per heavy atom. The van der Waals surface area contributed by atoms with Gasteiger partial charge in [-0.3, -0.25) is 9.69 Å². The monoisotopic (exact) mass is 267 g/mol. The van der Waals surface area contributed by atoms with Gasteiger partial charge in [0.1, 0.15) is 6.10 Å². The van der Waals surface area contributed by atoms with Crippen molar-refractivity contribution in [1.82, 2.24) is 4.90 Å². The quantitative estimate of drug-likeness (QED) is 0.735. The van der Waals surface area contributed by atoms with Crippen LogP contribution < -0.4 is 0 Å². The molecule has 1 aliphatic heterocycles. The van der Waals surface area contributed by atoms with Gasteiger partial charge in [-0.25, -0.2) is 0 Å². The van der Waals surface area contributed by atoms with Gasteiger partial charge in [-0.1, -0.05) is 20.8 Å². The van der Waals surface area contributed by atoms with Crippen molar-refractivity contribution in [3.05, 3.63) is 0 Å². The van der Waals surface area contributed by atoms with Crippen LogP contribution in [-0.4, -0.2) is 36.6 Å². The second-order valence-corrected chi connectivity index (χ2v) is 7.31. The van der Waals surface area contributed by atoms with Crippen molar-refractivity contribution in [3.8, 4) is 0 Å². The molecule has 0 spiro atoms. The topological polar surface area (TPSA) is 29.5 Å². The van der Waals surface area contributed by atoms with Gasteiger partial charge in [0.2, 0.25) is 0 Å². The summed E-state index contributed by atoms with van der Waals surface area (Å²) >= 11 is 0. The van der Waals surface area contributed by atoms with Crippen molar-refractivity contribution < 1.29 is 9.53 Å². The van der Waals surface area contributed by atoms with Gasteiger partial charge in [0, 0.05) is 0 Å². The third kappa shape index (κ3) is 4.48. The first-order valence-corrected chi connectivity index (χ1v) is 7.87. The summed E-state index contributed by atoms with van der Waals surface area (Å²) in [6, 6.07) is 0. The molecule has 1 aliphatic carbocycles. The van der Waals surface area contributed by atoms with Gasteiger partial charge in [-0.2, -0.15) is 0 Å². The van der Waals surface area contributed by atoms with Gasteiger partial charge in [0.25, 0.3) is 0 Å². The Kier molecular flexibility index (Phi) is 4.88. The summed E-state index contributed by atoms with van der Waals surface area (Å²) in [5.41, 5.74) is 0.393. The lowest BCUT2D eigenvalue weighted by Gasteiger charge is -2.36. The van der Waals surface area contributed by atoms with Crippen molar-refractivity contribution in [2.24, 2.45) is 11.3 Å². The predicted molar refractivity (Wildman–Crippen MR) is 77.0 cm³/mol. The standard InChI is InChI=1S/C16H29NO2/c1-16(2,3)13-6-8-14(9-7-13)19-15(18)12-17-10-4-5-11-17/h13-14H,4-12H2,1-3H3. The molecule has 0 aromatic rings. The van der Waals surface area contributed by atoms with Gasteiger partial charge < -0.3 is 4.74 Å². The lowest BCUT2D eigenvalue weighted by atomic mass is 9.72. The van der Waals surface area contributed by atoms with Crippen molar-refractivity contribution >= 4 is 5.97 Å². The molecule has 1 saturated carbocycles. The number of hydrogen-bond acceptors (Lipinski definition) is 3. The molecule has 2 rings (SSSR count). The van der Waals surface area contributed by atoms with E-state index in [1.165, 1.54) is 25.7 Å². The molecule has 3 heteroatoms. The van der Waals surface area contributed by atoms with E-state index in [-0.39, 0.29) is 12.1 Å². The van der Waals surface area contributed by atoms with E-state index >= 15 is 0 Å². The highest BCUT2D eigenvalue weighted by Gasteiger charge is 2.31. The maximum absolute atomic E-state index is 11.9. The first-order valence-electron chi connectivity index (χ1n) is 7.87. The summed E-state index contributed by atoms with van der Waals surface area (Å²) < 4.78 is 5.63. The Balaban J connectivity index is 1.68. The Bertz CT molecular complexity index is 294. The smallest absolute Gasteiger partial charge is 0.320 e. The van der Waals surface area contributed by atoms with Crippen LogP contribution in [0.15, 0.2) is 0 Å². The lowest BCUT2D eigenvalue weighted by Crippen LogP contribution is -2.34. The Labute approximate surface area is 117 Å². The minimum Gasteiger partial charge on any atom is -0.461 e. The number of hydrogen-bond donors (Lipinski definition) is 0. The van der Waals surface area contributed by atoms with Gasteiger partial charge in [0.15, 0.2) is 0 Å². The molecule has 19 heavy (non-hydrogen) atoms. The fraction of sp³-hybridized carbons (Fsp3) is 0.938. The fourth-order valence-electron chi connectivity index (χ4n) is 3.39. The summed E-state index contributed by atoms with van der Waals surface area (Å²) in [4.78, 5) is 14.1. The fourth-order valence-corrected chi connectivity index (χ4v) is 3.39. The molecule has 0 radical (unpaired) electrons.